The third kappa shape index (κ3) is 3.38. The summed E-state index contributed by atoms with van der Waals surface area (Å²) in [5.41, 5.74) is 11.8. The zero-order chi connectivity index (χ0) is 18.2. The first-order valence-corrected chi connectivity index (χ1v) is 8.71. The molecule has 130 valence electrons. The molecule has 2 aromatic carbocycles. The zero-order valence-corrected chi connectivity index (χ0v) is 15.8. The summed E-state index contributed by atoms with van der Waals surface area (Å²) in [6.07, 6.45) is 1.95. The summed E-state index contributed by atoms with van der Waals surface area (Å²) >= 11 is 0. The molecule has 0 bridgehead atoms. The number of nitrogens with zero attached hydrogens (tertiary/aromatic N) is 2. The summed E-state index contributed by atoms with van der Waals surface area (Å²) in [4.78, 5) is 6.75. The second kappa shape index (κ2) is 6.49. The molecule has 2 N–H and O–H groups in total. The van der Waals surface area contributed by atoms with Gasteiger partial charge in [0.05, 0.1) is 5.69 Å². The average Bonchev–Trinajstić information content (AvgIpc) is 2.59. The Morgan fingerprint density at radius 3 is 2.20 bits per heavy atom. The molecule has 25 heavy (non-hydrogen) atoms. The van der Waals surface area contributed by atoms with Gasteiger partial charge in [-0.05, 0) is 40.1 Å². The van der Waals surface area contributed by atoms with Crippen molar-refractivity contribution in [3.05, 3.63) is 59.9 Å². The molecule has 0 aliphatic rings. The number of hydrogen-bond donors (Lipinski definition) is 1. The first-order chi connectivity index (χ1) is 11.8. The molecule has 0 unspecified atom stereocenters. The number of hydrogen-bond acceptors (Lipinski definition) is 3. The predicted octanol–water partition coefficient (Wildman–Crippen LogP) is 4.72. The fourth-order valence-corrected chi connectivity index (χ4v) is 3.10. The van der Waals surface area contributed by atoms with Crippen molar-refractivity contribution in [2.75, 3.05) is 19.0 Å². The minimum absolute atomic E-state index is 0.101. The van der Waals surface area contributed by atoms with E-state index in [-0.39, 0.29) is 5.41 Å². The first kappa shape index (κ1) is 17.4. The number of nitrogens with two attached hydrogens (primary N) is 1. The Bertz CT molecular complexity index is 888. The Kier molecular flexibility index (Phi) is 4.53. The molecule has 1 aromatic heterocycles. The summed E-state index contributed by atoms with van der Waals surface area (Å²) in [6, 6.07) is 15.3. The minimum atomic E-state index is 0.101. The van der Waals surface area contributed by atoms with E-state index in [2.05, 4.69) is 87.2 Å². The lowest BCUT2D eigenvalue weighted by Crippen LogP contribution is -2.11. The van der Waals surface area contributed by atoms with E-state index in [1.807, 2.05) is 6.20 Å². The maximum Gasteiger partial charge on any atom is 0.0618 e. The van der Waals surface area contributed by atoms with Gasteiger partial charge < -0.3 is 10.6 Å². The van der Waals surface area contributed by atoms with Gasteiger partial charge in [-0.1, -0.05) is 45.0 Å². The molecule has 0 saturated heterocycles. The summed E-state index contributed by atoms with van der Waals surface area (Å²) in [6.45, 7) is 7.14. The molecule has 0 atom stereocenters. The largest absolute Gasteiger partial charge is 0.378 e. The van der Waals surface area contributed by atoms with Crippen LogP contribution in [0.4, 0.5) is 5.69 Å². The normalized spacial score (nSPS) is 11.8. The summed E-state index contributed by atoms with van der Waals surface area (Å²) in [5, 5.41) is 2.37. The Morgan fingerprint density at radius 2 is 1.64 bits per heavy atom. The van der Waals surface area contributed by atoms with E-state index in [1.165, 1.54) is 22.2 Å². The highest BCUT2D eigenvalue weighted by Gasteiger charge is 2.16. The maximum absolute atomic E-state index is 5.95. The highest BCUT2D eigenvalue weighted by molar-refractivity contribution is 5.98. The van der Waals surface area contributed by atoms with E-state index in [4.69, 9.17) is 5.73 Å². The molecular weight excluding hydrogens is 306 g/mol. The van der Waals surface area contributed by atoms with E-state index < -0.39 is 0 Å². The molecule has 3 rings (SSSR count). The zero-order valence-electron chi connectivity index (χ0n) is 15.8. The van der Waals surface area contributed by atoms with Crippen LogP contribution in [0.15, 0.2) is 48.7 Å². The third-order valence-corrected chi connectivity index (χ3v) is 4.72. The fraction of sp³-hybridized carbons (Fsp3) is 0.318. The molecule has 0 aliphatic carbocycles. The van der Waals surface area contributed by atoms with Crippen LogP contribution in [-0.2, 0) is 12.0 Å². The van der Waals surface area contributed by atoms with Gasteiger partial charge in [0.1, 0.15) is 0 Å². The van der Waals surface area contributed by atoms with Gasteiger partial charge in [-0.15, -0.1) is 0 Å². The predicted molar refractivity (Wildman–Crippen MR) is 108 cm³/mol. The lowest BCUT2D eigenvalue weighted by Gasteiger charge is -2.21. The van der Waals surface area contributed by atoms with E-state index in [9.17, 15) is 0 Å². The van der Waals surface area contributed by atoms with Gasteiger partial charge in [0, 0.05) is 43.5 Å². The van der Waals surface area contributed by atoms with Crippen LogP contribution in [0.5, 0.6) is 0 Å². The van der Waals surface area contributed by atoms with E-state index >= 15 is 0 Å². The third-order valence-electron chi connectivity index (χ3n) is 4.72. The van der Waals surface area contributed by atoms with E-state index in [0.29, 0.717) is 6.54 Å². The fourth-order valence-electron chi connectivity index (χ4n) is 3.10. The summed E-state index contributed by atoms with van der Waals surface area (Å²) < 4.78 is 0. The molecular formula is C22H27N3. The number of fused-ring (bicyclic) bond motifs is 1. The highest BCUT2D eigenvalue weighted by atomic mass is 15.1. The van der Waals surface area contributed by atoms with Gasteiger partial charge in [0.15, 0.2) is 0 Å². The first-order valence-electron chi connectivity index (χ1n) is 8.71. The number of benzene rings is 2. The molecule has 0 radical (unpaired) electrons. The van der Waals surface area contributed by atoms with Crippen LogP contribution in [0, 0.1) is 0 Å². The molecule has 3 nitrogen and oxygen atoms in total. The van der Waals surface area contributed by atoms with Crippen LogP contribution in [0.25, 0.3) is 21.9 Å². The molecule has 0 aliphatic heterocycles. The monoisotopic (exact) mass is 333 g/mol. The number of anilines is 1. The summed E-state index contributed by atoms with van der Waals surface area (Å²) in [5.74, 6) is 0. The van der Waals surface area contributed by atoms with Crippen LogP contribution in [0.2, 0.25) is 0 Å². The maximum atomic E-state index is 5.95. The van der Waals surface area contributed by atoms with Gasteiger partial charge in [-0.2, -0.15) is 0 Å². The minimum Gasteiger partial charge on any atom is -0.378 e. The number of rotatable bonds is 3. The van der Waals surface area contributed by atoms with E-state index in [1.54, 1.807) is 0 Å². The Morgan fingerprint density at radius 1 is 0.960 bits per heavy atom. The highest BCUT2D eigenvalue weighted by Crippen LogP contribution is 2.33. The molecule has 3 heteroatoms. The van der Waals surface area contributed by atoms with Crippen LogP contribution >= 0.6 is 0 Å². The van der Waals surface area contributed by atoms with E-state index in [0.717, 1.165) is 16.6 Å². The quantitative estimate of drug-likeness (QED) is 0.754. The molecule has 0 amide bonds. The van der Waals surface area contributed by atoms with Crippen LogP contribution in [0.1, 0.15) is 32.0 Å². The van der Waals surface area contributed by atoms with Crippen LogP contribution in [-0.4, -0.2) is 19.1 Å². The smallest absolute Gasteiger partial charge is 0.0618 e. The van der Waals surface area contributed by atoms with Crippen molar-refractivity contribution in [2.45, 2.75) is 32.7 Å². The van der Waals surface area contributed by atoms with Crippen molar-refractivity contribution in [1.29, 1.82) is 0 Å². The average molecular weight is 333 g/mol. The van der Waals surface area contributed by atoms with Crippen molar-refractivity contribution >= 4 is 16.5 Å². The van der Waals surface area contributed by atoms with Crippen LogP contribution < -0.4 is 10.6 Å². The van der Waals surface area contributed by atoms with Gasteiger partial charge >= 0.3 is 0 Å². The number of pyridine rings is 1. The van der Waals surface area contributed by atoms with Crippen molar-refractivity contribution < 1.29 is 0 Å². The SMILES string of the molecule is CN(C)c1ccc(-c2cnc(CN)c3cc(C(C)(C)C)ccc23)cc1. The summed E-state index contributed by atoms with van der Waals surface area (Å²) in [7, 11) is 4.10. The van der Waals surface area contributed by atoms with Crippen molar-refractivity contribution in [1.82, 2.24) is 4.98 Å². The standard InChI is InChI=1S/C22H27N3/c1-22(2,3)16-8-11-18-19(12-16)21(13-23)24-14-20(18)15-6-9-17(10-7-15)25(4)5/h6-12,14H,13,23H2,1-5H3. The van der Waals surface area contributed by atoms with Crippen molar-refractivity contribution in [3.63, 3.8) is 0 Å². The van der Waals surface area contributed by atoms with Gasteiger partial charge in [0.25, 0.3) is 0 Å². The Labute approximate surface area is 150 Å². The molecule has 3 aromatic rings. The second-order valence-corrected chi connectivity index (χ2v) is 7.77. The van der Waals surface area contributed by atoms with Gasteiger partial charge in [-0.25, -0.2) is 0 Å². The Balaban J connectivity index is 2.19. The second-order valence-electron chi connectivity index (χ2n) is 7.77. The Hall–Kier alpha value is -2.39. The number of aromatic nitrogens is 1. The topological polar surface area (TPSA) is 42.2 Å². The lowest BCUT2D eigenvalue weighted by atomic mass is 9.85. The molecule has 0 spiro atoms. The van der Waals surface area contributed by atoms with Gasteiger partial charge in [0.2, 0.25) is 0 Å². The molecule has 0 saturated carbocycles. The van der Waals surface area contributed by atoms with Crippen molar-refractivity contribution in [2.24, 2.45) is 5.73 Å². The van der Waals surface area contributed by atoms with Crippen molar-refractivity contribution in [3.8, 4) is 11.1 Å². The van der Waals surface area contributed by atoms with Crippen LogP contribution in [0.3, 0.4) is 0 Å². The van der Waals surface area contributed by atoms with Gasteiger partial charge in [-0.3, -0.25) is 4.98 Å². The molecule has 0 fully saturated rings. The molecule has 1 heterocycles. The lowest BCUT2D eigenvalue weighted by molar-refractivity contribution is 0.591.